The predicted octanol–water partition coefficient (Wildman–Crippen LogP) is 2.38. The third-order valence-electron chi connectivity index (χ3n) is 3.89. The molecule has 1 aromatic rings. The number of anilines is 1. The number of likely N-dealkylation sites (N-methyl/N-ethyl adjacent to an activating group) is 1. The summed E-state index contributed by atoms with van der Waals surface area (Å²) in [5, 5.41) is 0. The van der Waals surface area contributed by atoms with Gasteiger partial charge in [-0.2, -0.15) is 0 Å². The molecule has 3 rings (SSSR count). The van der Waals surface area contributed by atoms with Crippen molar-refractivity contribution in [1.82, 2.24) is 4.90 Å². The van der Waals surface area contributed by atoms with E-state index in [1.807, 2.05) is 24.1 Å². The van der Waals surface area contributed by atoms with Gasteiger partial charge in [-0.1, -0.05) is 0 Å². The van der Waals surface area contributed by atoms with E-state index in [4.69, 9.17) is 5.73 Å². The molecule has 2 aliphatic rings. The summed E-state index contributed by atoms with van der Waals surface area (Å²) in [6.45, 7) is 1.16. The Labute approximate surface area is 99.4 Å². The smallest absolute Gasteiger partial charge is 0.256 e. The molecule has 1 aliphatic heterocycles. The SMILES string of the molecule is CN1Cc2cc(N)cc3c2[C@@H](C1)C(F)(F)CC3. The Kier molecular flexibility index (Phi) is 2.20. The van der Waals surface area contributed by atoms with Crippen LogP contribution in [0.1, 0.15) is 29.0 Å². The molecule has 4 heteroatoms. The number of halogens is 2. The lowest BCUT2D eigenvalue weighted by Gasteiger charge is -2.41. The van der Waals surface area contributed by atoms with Crippen molar-refractivity contribution < 1.29 is 8.78 Å². The van der Waals surface area contributed by atoms with Gasteiger partial charge in [0.15, 0.2) is 0 Å². The standard InChI is InChI=1S/C13H16F2N2/c1-17-6-9-5-10(16)4-8-2-3-13(14,15)11(7-17)12(8)9/h4-5,11H,2-3,6-7,16H2,1H3/t11-/m1/s1. The molecular formula is C13H16F2N2. The minimum atomic E-state index is -2.58. The number of aryl methyl sites for hydroxylation is 1. The number of benzene rings is 1. The van der Waals surface area contributed by atoms with Crippen LogP contribution in [0, 0.1) is 0 Å². The zero-order valence-corrected chi connectivity index (χ0v) is 9.84. The predicted molar refractivity (Wildman–Crippen MR) is 63.2 cm³/mol. The fourth-order valence-corrected chi connectivity index (χ4v) is 3.17. The molecule has 92 valence electrons. The summed E-state index contributed by atoms with van der Waals surface area (Å²) in [5.74, 6) is -3.23. The van der Waals surface area contributed by atoms with Gasteiger partial charge in [-0.05, 0) is 42.3 Å². The van der Waals surface area contributed by atoms with E-state index >= 15 is 0 Å². The highest BCUT2D eigenvalue weighted by Gasteiger charge is 2.47. The van der Waals surface area contributed by atoms with E-state index in [2.05, 4.69) is 0 Å². The number of nitrogens with zero attached hydrogens (tertiary/aromatic N) is 1. The van der Waals surface area contributed by atoms with E-state index in [1.54, 1.807) is 0 Å². The van der Waals surface area contributed by atoms with E-state index in [1.165, 1.54) is 0 Å². The van der Waals surface area contributed by atoms with Crippen LogP contribution in [0.15, 0.2) is 12.1 Å². The summed E-state index contributed by atoms with van der Waals surface area (Å²) in [7, 11) is 1.89. The van der Waals surface area contributed by atoms with Crippen molar-refractivity contribution in [2.24, 2.45) is 0 Å². The first-order chi connectivity index (χ1) is 7.97. The maximum Gasteiger partial charge on any atom is 0.256 e. The highest BCUT2D eigenvalue weighted by Crippen LogP contribution is 2.47. The molecule has 1 atom stereocenters. The molecule has 0 fully saturated rings. The third kappa shape index (κ3) is 1.62. The highest BCUT2D eigenvalue weighted by atomic mass is 19.3. The lowest BCUT2D eigenvalue weighted by atomic mass is 9.75. The summed E-state index contributed by atoms with van der Waals surface area (Å²) in [6.07, 6.45) is 0.391. The average Bonchev–Trinajstić information content (AvgIpc) is 2.22. The number of hydrogen-bond donors (Lipinski definition) is 1. The second kappa shape index (κ2) is 3.42. The Morgan fingerprint density at radius 2 is 2.06 bits per heavy atom. The number of rotatable bonds is 0. The van der Waals surface area contributed by atoms with Crippen LogP contribution in [0.4, 0.5) is 14.5 Å². The molecular weight excluding hydrogens is 222 g/mol. The van der Waals surface area contributed by atoms with Crippen LogP contribution >= 0.6 is 0 Å². The fraction of sp³-hybridized carbons (Fsp3) is 0.538. The summed E-state index contributed by atoms with van der Waals surface area (Å²) >= 11 is 0. The maximum atomic E-state index is 14.0. The first-order valence-corrected chi connectivity index (χ1v) is 5.95. The summed E-state index contributed by atoms with van der Waals surface area (Å²) in [5.41, 5.74) is 9.41. The van der Waals surface area contributed by atoms with Gasteiger partial charge in [0, 0.05) is 25.2 Å². The van der Waals surface area contributed by atoms with Gasteiger partial charge in [-0.25, -0.2) is 8.78 Å². The van der Waals surface area contributed by atoms with Crippen molar-refractivity contribution in [1.29, 1.82) is 0 Å². The number of alkyl halides is 2. The van der Waals surface area contributed by atoms with Crippen LogP contribution in [-0.2, 0) is 13.0 Å². The Morgan fingerprint density at radius 3 is 2.82 bits per heavy atom. The molecule has 0 saturated carbocycles. The van der Waals surface area contributed by atoms with Crippen LogP contribution in [-0.4, -0.2) is 24.4 Å². The molecule has 0 unspecified atom stereocenters. The molecule has 1 aromatic carbocycles. The molecule has 0 spiro atoms. The summed E-state index contributed by atoms with van der Waals surface area (Å²) in [6, 6.07) is 3.72. The fourth-order valence-electron chi connectivity index (χ4n) is 3.17. The van der Waals surface area contributed by atoms with Crippen molar-refractivity contribution in [2.75, 3.05) is 19.3 Å². The summed E-state index contributed by atoms with van der Waals surface area (Å²) in [4.78, 5) is 1.95. The monoisotopic (exact) mass is 238 g/mol. The van der Waals surface area contributed by atoms with Crippen LogP contribution < -0.4 is 5.73 Å². The van der Waals surface area contributed by atoms with Crippen molar-refractivity contribution in [3.63, 3.8) is 0 Å². The Morgan fingerprint density at radius 1 is 1.35 bits per heavy atom. The van der Waals surface area contributed by atoms with Gasteiger partial charge >= 0.3 is 0 Å². The second-order valence-electron chi connectivity index (χ2n) is 5.26. The largest absolute Gasteiger partial charge is 0.399 e. The van der Waals surface area contributed by atoms with Gasteiger partial charge in [-0.3, -0.25) is 0 Å². The Bertz CT molecular complexity index is 471. The van der Waals surface area contributed by atoms with Crippen molar-refractivity contribution in [3.05, 3.63) is 28.8 Å². The number of hydrogen-bond acceptors (Lipinski definition) is 2. The Hall–Kier alpha value is -1.16. The molecule has 1 aliphatic carbocycles. The van der Waals surface area contributed by atoms with E-state index in [9.17, 15) is 8.78 Å². The molecule has 0 aromatic heterocycles. The van der Waals surface area contributed by atoms with Gasteiger partial charge in [0.25, 0.3) is 5.92 Å². The van der Waals surface area contributed by atoms with Gasteiger partial charge < -0.3 is 10.6 Å². The van der Waals surface area contributed by atoms with Crippen molar-refractivity contribution in [3.8, 4) is 0 Å². The molecule has 1 heterocycles. The maximum absolute atomic E-state index is 14.0. The lowest BCUT2D eigenvalue weighted by Crippen LogP contribution is -2.43. The first kappa shape index (κ1) is 11.0. The van der Waals surface area contributed by atoms with Gasteiger partial charge in [0.2, 0.25) is 0 Å². The molecule has 0 amide bonds. The minimum Gasteiger partial charge on any atom is -0.399 e. The summed E-state index contributed by atoms with van der Waals surface area (Å²) < 4.78 is 28.0. The molecule has 2 N–H and O–H groups in total. The zero-order chi connectivity index (χ0) is 12.2. The van der Waals surface area contributed by atoms with E-state index < -0.39 is 11.8 Å². The average molecular weight is 238 g/mol. The minimum absolute atomic E-state index is 0.0542. The molecule has 2 nitrogen and oxygen atoms in total. The third-order valence-corrected chi connectivity index (χ3v) is 3.89. The first-order valence-electron chi connectivity index (χ1n) is 5.95. The quantitative estimate of drug-likeness (QED) is 0.703. The van der Waals surface area contributed by atoms with E-state index in [0.29, 0.717) is 18.7 Å². The molecule has 0 saturated heterocycles. The van der Waals surface area contributed by atoms with Gasteiger partial charge in [0.05, 0.1) is 5.92 Å². The lowest BCUT2D eigenvalue weighted by molar-refractivity contribution is -0.0534. The van der Waals surface area contributed by atoms with Crippen LogP contribution in [0.3, 0.4) is 0 Å². The highest BCUT2D eigenvalue weighted by molar-refractivity contribution is 5.53. The van der Waals surface area contributed by atoms with Crippen LogP contribution in [0.5, 0.6) is 0 Å². The molecule has 17 heavy (non-hydrogen) atoms. The molecule has 0 radical (unpaired) electrons. The number of nitrogen functional groups attached to an aromatic ring is 1. The topological polar surface area (TPSA) is 29.3 Å². The van der Waals surface area contributed by atoms with Crippen LogP contribution in [0.25, 0.3) is 0 Å². The zero-order valence-electron chi connectivity index (χ0n) is 9.84. The van der Waals surface area contributed by atoms with Crippen LogP contribution in [0.2, 0.25) is 0 Å². The van der Waals surface area contributed by atoms with E-state index in [0.717, 1.165) is 23.2 Å². The van der Waals surface area contributed by atoms with Crippen molar-refractivity contribution in [2.45, 2.75) is 31.2 Å². The molecule has 0 bridgehead atoms. The van der Waals surface area contributed by atoms with Gasteiger partial charge in [-0.15, -0.1) is 0 Å². The van der Waals surface area contributed by atoms with E-state index in [-0.39, 0.29) is 6.42 Å². The second-order valence-corrected chi connectivity index (χ2v) is 5.26. The van der Waals surface area contributed by atoms with Crippen molar-refractivity contribution >= 4 is 5.69 Å². The number of nitrogens with two attached hydrogens (primary N) is 1. The normalized spacial score (nSPS) is 26.6. The van der Waals surface area contributed by atoms with Gasteiger partial charge in [0.1, 0.15) is 0 Å². The Balaban J connectivity index is 2.19.